The quantitative estimate of drug-likeness (QED) is 0.781. The number of rotatable bonds is 4. The average Bonchev–Trinajstić information content (AvgIpc) is 2.63. The normalized spacial score (nSPS) is 11.0. The van der Waals surface area contributed by atoms with Crippen molar-refractivity contribution >= 4 is 16.7 Å². The van der Waals surface area contributed by atoms with Crippen LogP contribution in [0.3, 0.4) is 0 Å². The van der Waals surface area contributed by atoms with Crippen LogP contribution in [-0.2, 0) is 25.3 Å². The summed E-state index contributed by atoms with van der Waals surface area (Å²) in [6.07, 6.45) is 0.463. The fraction of sp³-hybridized carbons (Fsp3) is 0.250. The molecule has 26 heavy (non-hydrogen) atoms. The lowest BCUT2D eigenvalue weighted by molar-refractivity contribution is -0.136. The Kier molecular flexibility index (Phi) is 4.50. The van der Waals surface area contributed by atoms with E-state index in [4.69, 9.17) is 5.11 Å². The van der Waals surface area contributed by atoms with Gasteiger partial charge in [0.05, 0.1) is 5.56 Å². The van der Waals surface area contributed by atoms with Crippen molar-refractivity contribution in [1.82, 2.24) is 9.13 Å². The Balaban J connectivity index is 2.32. The molecule has 0 amide bonds. The second kappa shape index (κ2) is 6.63. The Bertz CT molecular complexity index is 1140. The van der Waals surface area contributed by atoms with Crippen LogP contribution in [0, 0.1) is 6.92 Å². The van der Waals surface area contributed by atoms with Crippen molar-refractivity contribution in [3.63, 3.8) is 0 Å². The highest BCUT2D eigenvalue weighted by Gasteiger charge is 2.17. The molecule has 0 radical (unpaired) electrons. The van der Waals surface area contributed by atoms with Gasteiger partial charge in [-0.1, -0.05) is 36.4 Å². The van der Waals surface area contributed by atoms with Crippen molar-refractivity contribution < 1.29 is 9.90 Å². The number of carboxylic acids is 1. The number of benzene rings is 2. The highest BCUT2D eigenvalue weighted by Crippen LogP contribution is 2.30. The second-order valence-electron chi connectivity index (χ2n) is 6.38. The van der Waals surface area contributed by atoms with Crippen LogP contribution < -0.4 is 11.2 Å². The third-order valence-corrected chi connectivity index (χ3v) is 4.85. The molecular weight excluding hydrogens is 332 g/mol. The van der Waals surface area contributed by atoms with Gasteiger partial charge in [-0.15, -0.1) is 0 Å². The van der Waals surface area contributed by atoms with Gasteiger partial charge in [0.2, 0.25) is 0 Å². The molecule has 0 aliphatic rings. The molecule has 0 bridgehead atoms. The Labute approximate surface area is 149 Å². The lowest BCUT2D eigenvalue weighted by Crippen LogP contribution is -2.39. The number of aromatic nitrogens is 2. The molecule has 0 saturated carbocycles. The molecule has 1 aromatic heterocycles. The van der Waals surface area contributed by atoms with E-state index in [0.717, 1.165) is 26.5 Å². The first-order chi connectivity index (χ1) is 12.3. The molecule has 3 aromatic rings. The maximum atomic E-state index is 12.8. The third kappa shape index (κ3) is 2.83. The molecule has 0 spiro atoms. The van der Waals surface area contributed by atoms with Gasteiger partial charge < -0.3 is 9.67 Å². The van der Waals surface area contributed by atoms with Crippen LogP contribution in [0.4, 0.5) is 0 Å². The summed E-state index contributed by atoms with van der Waals surface area (Å²) in [5, 5.41) is 10.8. The van der Waals surface area contributed by atoms with Gasteiger partial charge in [0.15, 0.2) is 0 Å². The van der Waals surface area contributed by atoms with E-state index in [-0.39, 0.29) is 17.7 Å². The van der Waals surface area contributed by atoms with Gasteiger partial charge in [0.25, 0.3) is 5.56 Å². The molecule has 0 saturated heterocycles. The molecule has 0 aliphatic carbocycles. The van der Waals surface area contributed by atoms with Crippen molar-refractivity contribution in [1.29, 1.82) is 0 Å². The third-order valence-electron chi connectivity index (χ3n) is 4.85. The maximum Gasteiger partial charge on any atom is 0.330 e. The van der Waals surface area contributed by atoms with Gasteiger partial charge in [-0.2, -0.15) is 0 Å². The molecule has 0 atom stereocenters. The topological polar surface area (TPSA) is 81.3 Å². The number of aryl methyl sites for hydroxylation is 1. The maximum absolute atomic E-state index is 12.8. The number of aliphatic carboxylic acids is 1. The zero-order chi connectivity index (χ0) is 19.0. The van der Waals surface area contributed by atoms with E-state index < -0.39 is 5.97 Å². The van der Waals surface area contributed by atoms with E-state index in [2.05, 4.69) is 0 Å². The zero-order valence-electron chi connectivity index (χ0n) is 14.9. The summed E-state index contributed by atoms with van der Waals surface area (Å²) in [6, 6.07) is 11.3. The lowest BCUT2D eigenvalue weighted by Gasteiger charge is -2.15. The van der Waals surface area contributed by atoms with Gasteiger partial charge >= 0.3 is 11.7 Å². The minimum absolute atomic E-state index is 0.0456. The molecule has 1 N–H and O–H groups in total. The van der Waals surface area contributed by atoms with E-state index in [1.807, 2.05) is 36.4 Å². The monoisotopic (exact) mass is 352 g/mol. The first-order valence-corrected chi connectivity index (χ1v) is 8.32. The summed E-state index contributed by atoms with van der Waals surface area (Å²) < 4.78 is 2.57. The first kappa shape index (κ1) is 17.7. The van der Waals surface area contributed by atoms with Crippen LogP contribution in [0.25, 0.3) is 21.9 Å². The molecule has 134 valence electrons. The van der Waals surface area contributed by atoms with Crippen LogP contribution in [0.15, 0.2) is 46.0 Å². The fourth-order valence-electron chi connectivity index (χ4n) is 3.31. The number of carboxylic acid groups (broad SMARTS) is 1. The first-order valence-electron chi connectivity index (χ1n) is 8.32. The van der Waals surface area contributed by atoms with Gasteiger partial charge in [-0.3, -0.25) is 14.2 Å². The Hall–Kier alpha value is -3.15. The van der Waals surface area contributed by atoms with Crippen molar-refractivity contribution in [3.05, 3.63) is 68.5 Å². The largest absolute Gasteiger partial charge is 0.481 e. The number of hydrogen-bond acceptors (Lipinski definition) is 3. The number of carbonyl (C=O) groups is 1. The van der Waals surface area contributed by atoms with Crippen LogP contribution >= 0.6 is 0 Å². The van der Waals surface area contributed by atoms with E-state index in [0.29, 0.717) is 17.7 Å². The van der Waals surface area contributed by atoms with E-state index >= 15 is 0 Å². The van der Waals surface area contributed by atoms with Crippen LogP contribution in [0.5, 0.6) is 0 Å². The lowest BCUT2D eigenvalue weighted by atomic mass is 9.94. The second-order valence-corrected chi connectivity index (χ2v) is 6.38. The average molecular weight is 352 g/mol. The van der Waals surface area contributed by atoms with Gasteiger partial charge in [0, 0.05) is 26.2 Å². The van der Waals surface area contributed by atoms with Gasteiger partial charge in [-0.25, -0.2) is 4.79 Å². The van der Waals surface area contributed by atoms with Gasteiger partial charge in [0.1, 0.15) is 0 Å². The van der Waals surface area contributed by atoms with Crippen molar-refractivity contribution in [2.45, 2.75) is 19.8 Å². The van der Waals surface area contributed by atoms with E-state index in [1.165, 1.54) is 11.6 Å². The standard InChI is InChI=1S/C20H20N2O4/c1-12-18(19(25)22(3)20(26)21(12)2)16-9-5-7-14-13(10-11-17(23)24)6-4-8-15(14)16/h4-9H,10-11H2,1-3H3,(H,23,24). The van der Waals surface area contributed by atoms with Gasteiger partial charge in [-0.05, 0) is 35.2 Å². The highest BCUT2D eigenvalue weighted by molar-refractivity contribution is 5.98. The van der Waals surface area contributed by atoms with E-state index in [1.54, 1.807) is 14.0 Å². The zero-order valence-corrected chi connectivity index (χ0v) is 14.9. The minimum Gasteiger partial charge on any atom is -0.481 e. The molecule has 0 fully saturated rings. The summed E-state index contributed by atoms with van der Waals surface area (Å²) in [7, 11) is 3.11. The number of fused-ring (bicyclic) bond motifs is 1. The Morgan fingerprint density at radius 1 is 1.00 bits per heavy atom. The smallest absolute Gasteiger partial charge is 0.330 e. The molecule has 2 aromatic carbocycles. The van der Waals surface area contributed by atoms with Crippen molar-refractivity contribution in [3.8, 4) is 11.1 Å². The minimum atomic E-state index is -0.846. The summed E-state index contributed by atoms with van der Waals surface area (Å²) in [6.45, 7) is 1.76. The van der Waals surface area contributed by atoms with Crippen LogP contribution in [-0.4, -0.2) is 20.2 Å². The van der Waals surface area contributed by atoms with Crippen LogP contribution in [0.1, 0.15) is 17.7 Å². The van der Waals surface area contributed by atoms with Crippen LogP contribution in [0.2, 0.25) is 0 Å². The SMILES string of the molecule is Cc1c(-c2cccc3c(CCC(=O)O)cccc23)c(=O)n(C)c(=O)n1C. The summed E-state index contributed by atoms with van der Waals surface area (Å²) >= 11 is 0. The predicted molar refractivity (Wildman–Crippen MR) is 101 cm³/mol. The molecule has 6 heteroatoms. The molecule has 0 aliphatic heterocycles. The predicted octanol–water partition coefficient (Wildman–Crippen LogP) is 2.23. The van der Waals surface area contributed by atoms with Crippen molar-refractivity contribution in [2.24, 2.45) is 14.1 Å². The molecule has 0 unspecified atom stereocenters. The fourth-order valence-corrected chi connectivity index (χ4v) is 3.31. The summed E-state index contributed by atoms with van der Waals surface area (Å²) in [5.74, 6) is -0.846. The molecule has 6 nitrogen and oxygen atoms in total. The summed E-state index contributed by atoms with van der Waals surface area (Å²) in [5.41, 5.74) is 2.05. The number of hydrogen-bond donors (Lipinski definition) is 1. The number of nitrogens with zero attached hydrogens (tertiary/aromatic N) is 2. The van der Waals surface area contributed by atoms with E-state index in [9.17, 15) is 14.4 Å². The Morgan fingerprint density at radius 3 is 2.35 bits per heavy atom. The summed E-state index contributed by atoms with van der Waals surface area (Å²) in [4.78, 5) is 35.8. The molecule has 1 heterocycles. The molecule has 3 rings (SSSR count). The molecular formula is C20H20N2O4. The highest BCUT2D eigenvalue weighted by atomic mass is 16.4. The van der Waals surface area contributed by atoms with Crippen molar-refractivity contribution in [2.75, 3.05) is 0 Å². The Morgan fingerprint density at radius 2 is 1.65 bits per heavy atom.